The predicted molar refractivity (Wildman–Crippen MR) is 98.4 cm³/mol. The Bertz CT molecular complexity index is 757. The fourth-order valence-corrected chi connectivity index (χ4v) is 4.41. The second-order valence-corrected chi connectivity index (χ2v) is 7.43. The van der Waals surface area contributed by atoms with E-state index in [1.165, 1.54) is 22.4 Å². The molecule has 3 aliphatic rings. The molecule has 5 nitrogen and oxygen atoms in total. The topological polar surface area (TPSA) is 66.5 Å². The van der Waals surface area contributed by atoms with Gasteiger partial charge in [0, 0.05) is 18.7 Å². The lowest BCUT2D eigenvalue weighted by Gasteiger charge is -2.20. The van der Waals surface area contributed by atoms with E-state index in [2.05, 4.69) is 11.4 Å². The molecule has 0 bridgehead atoms. The maximum absolute atomic E-state index is 12.5. The molecule has 5 heteroatoms. The zero-order chi connectivity index (χ0) is 18.1. The molecule has 1 aliphatic heterocycles. The van der Waals surface area contributed by atoms with Crippen molar-refractivity contribution >= 4 is 23.4 Å². The Balaban J connectivity index is 1.38. The number of hydrogen-bond donors (Lipinski definition) is 1. The Labute approximate surface area is 153 Å². The number of fused-ring (bicyclic) bond motifs is 2. The fraction of sp³-hybridized carbons (Fsp3) is 0.476. The summed E-state index contributed by atoms with van der Waals surface area (Å²) in [5.41, 5.74) is 3.43. The van der Waals surface area contributed by atoms with Crippen molar-refractivity contribution < 1.29 is 14.4 Å². The van der Waals surface area contributed by atoms with Gasteiger partial charge < -0.3 is 5.32 Å². The van der Waals surface area contributed by atoms with Crippen LogP contribution in [-0.2, 0) is 27.2 Å². The highest BCUT2D eigenvalue weighted by Gasteiger charge is 2.46. The summed E-state index contributed by atoms with van der Waals surface area (Å²) < 4.78 is 0. The molecule has 1 saturated heterocycles. The highest BCUT2D eigenvalue weighted by atomic mass is 16.2. The van der Waals surface area contributed by atoms with E-state index in [4.69, 9.17) is 0 Å². The molecular weight excluding hydrogens is 328 g/mol. The van der Waals surface area contributed by atoms with Crippen molar-refractivity contribution in [3.63, 3.8) is 0 Å². The number of anilines is 1. The minimum absolute atomic E-state index is 0.116. The highest BCUT2D eigenvalue weighted by Crippen LogP contribution is 2.35. The van der Waals surface area contributed by atoms with Crippen LogP contribution in [0, 0.1) is 11.8 Å². The van der Waals surface area contributed by atoms with Gasteiger partial charge >= 0.3 is 0 Å². The SMILES string of the molecule is O=C(CCN1C(=O)[C@@H]2CC=CC[C@H]2C1=O)Nc1cccc2c1CCCC2. The number of likely N-dealkylation sites (tertiary alicyclic amines) is 1. The van der Waals surface area contributed by atoms with Gasteiger partial charge in [-0.1, -0.05) is 24.3 Å². The van der Waals surface area contributed by atoms with Crippen LogP contribution in [0.3, 0.4) is 0 Å². The fourth-order valence-electron chi connectivity index (χ4n) is 4.41. The average molecular weight is 352 g/mol. The summed E-state index contributed by atoms with van der Waals surface area (Å²) >= 11 is 0. The Hall–Kier alpha value is -2.43. The Kier molecular flexibility index (Phi) is 4.62. The van der Waals surface area contributed by atoms with E-state index >= 15 is 0 Å². The summed E-state index contributed by atoms with van der Waals surface area (Å²) in [6, 6.07) is 6.04. The average Bonchev–Trinajstić information content (AvgIpc) is 2.91. The normalized spacial score (nSPS) is 24.4. The molecule has 136 valence electrons. The number of hydrogen-bond acceptors (Lipinski definition) is 3. The van der Waals surface area contributed by atoms with Gasteiger partial charge in [0.2, 0.25) is 17.7 Å². The zero-order valence-corrected chi connectivity index (χ0v) is 14.9. The number of carbonyl (C=O) groups excluding carboxylic acids is 3. The van der Waals surface area contributed by atoms with Crippen LogP contribution in [0.2, 0.25) is 0 Å². The lowest BCUT2D eigenvalue weighted by molar-refractivity contribution is -0.140. The van der Waals surface area contributed by atoms with E-state index in [9.17, 15) is 14.4 Å². The van der Waals surface area contributed by atoms with Crippen molar-refractivity contribution in [3.8, 4) is 0 Å². The molecule has 1 aromatic rings. The number of carbonyl (C=O) groups is 3. The molecule has 4 rings (SSSR count). The van der Waals surface area contributed by atoms with Crippen molar-refractivity contribution in [2.24, 2.45) is 11.8 Å². The smallest absolute Gasteiger partial charge is 0.233 e. The second kappa shape index (κ2) is 7.06. The number of benzene rings is 1. The van der Waals surface area contributed by atoms with Crippen LogP contribution in [0.1, 0.15) is 43.2 Å². The Morgan fingerprint density at radius 3 is 2.46 bits per heavy atom. The molecular formula is C21H24N2O3. The largest absolute Gasteiger partial charge is 0.326 e. The van der Waals surface area contributed by atoms with Gasteiger partial charge in [0.25, 0.3) is 0 Å². The number of imide groups is 1. The van der Waals surface area contributed by atoms with Crippen LogP contribution in [0.25, 0.3) is 0 Å². The van der Waals surface area contributed by atoms with Crippen molar-refractivity contribution in [1.82, 2.24) is 4.90 Å². The first kappa shape index (κ1) is 17.0. The third-order valence-corrected chi connectivity index (χ3v) is 5.83. The summed E-state index contributed by atoms with van der Waals surface area (Å²) in [6.45, 7) is 0.172. The van der Waals surface area contributed by atoms with Crippen LogP contribution >= 0.6 is 0 Å². The number of nitrogens with zero attached hydrogens (tertiary/aromatic N) is 1. The lowest BCUT2D eigenvalue weighted by atomic mass is 9.85. The minimum Gasteiger partial charge on any atom is -0.326 e. The van der Waals surface area contributed by atoms with E-state index in [0.29, 0.717) is 12.8 Å². The maximum atomic E-state index is 12.5. The first-order chi connectivity index (χ1) is 12.6. The third-order valence-electron chi connectivity index (χ3n) is 5.83. The lowest BCUT2D eigenvalue weighted by Crippen LogP contribution is -2.34. The first-order valence-electron chi connectivity index (χ1n) is 9.56. The molecule has 2 aliphatic carbocycles. The molecule has 1 N–H and O–H groups in total. The van der Waals surface area contributed by atoms with Crippen molar-refractivity contribution in [2.45, 2.75) is 44.9 Å². The van der Waals surface area contributed by atoms with Gasteiger partial charge in [0.1, 0.15) is 0 Å². The molecule has 2 atom stereocenters. The van der Waals surface area contributed by atoms with Crippen LogP contribution in [0.5, 0.6) is 0 Å². The summed E-state index contributed by atoms with van der Waals surface area (Å²) in [4.78, 5) is 38.6. The quantitative estimate of drug-likeness (QED) is 0.669. The molecule has 26 heavy (non-hydrogen) atoms. The van der Waals surface area contributed by atoms with Gasteiger partial charge in [-0.15, -0.1) is 0 Å². The monoisotopic (exact) mass is 352 g/mol. The molecule has 1 aromatic carbocycles. The zero-order valence-electron chi connectivity index (χ0n) is 14.9. The minimum atomic E-state index is -0.225. The summed E-state index contributed by atoms with van der Waals surface area (Å²) in [6.07, 6.45) is 9.75. The second-order valence-electron chi connectivity index (χ2n) is 7.43. The van der Waals surface area contributed by atoms with Gasteiger partial charge in [-0.25, -0.2) is 0 Å². The van der Waals surface area contributed by atoms with Crippen molar-refractivity contribution in [1.29, 1.82) is 0 Å². The van der Waals surface area contributed by atoms with E-state index < -0.39 is 0 Å². The first-order valence-corrected chi connectivity index (χ1v) is 9.56. The summed E-state index contributed by atoms with van der Waals surface area (Å²) in [5, 5.41) is 2.99. The molecule has 1 fully saturated rings. The third kappa shape index (κ3) is 3.06. The standard InChI is InChI=1S/C21H24N2O3/c24-19(22-18-11-5-7-14-6-1-2-8-15(14)18)12-13-23-20(25)16-9-3-4-10-17(16)21(23)26/h3-5,7,11,16-17H,1-2,6,8-10,12-13H2,(H,22,24)/t16-,17-/m1/s1. The van der Waals surface area contributed by atoms with E-state index in [1.807, 2.05) is 24.3 Å². The Morgan fingerprint density at radius 2 is 1.73 bits per heavy atom. The maximum Gasteiger partial charge on any atom is 0.233 e. The number of nitrogens with one attached hydrogen (secondary N) is 1. The van der Waals surface area contributed by atoms with Gasteiger partial charge in [-0.05, 0) is 55.7 Å². The number of aryl methyl sites for hydroxylation is 1. The van der Waals surface area contributed by atoms with Gasteiger partial charge in [-0.3, -0.25) is 19.3 Å². The van der Waals surface area contributed by atoms with Gasteiger partial charge in [0.05, 0.1) is 11.8 Å². The number of amides is 3. The number of rotatable bonds is 4. The van der Waals surface area contributed by atoms with Crippen molar-refractivity contribution in [3.05, 3.63) is 41.5 Å². The molecule has 0 radical (unpaired) electrons. The van der Waals surface area contributed by atoms with Gasteiger partial charge in [0.15, 0.2) is 0 Å². The number of allylic oxidation sites excluding steroid dienone is 2. The van der Waals surface area contributed by atoms with Gasteiger partial charge in [-0.2, -0.15) is 0 Å². The molecule has 0 spiro atoms. The summed E-state index contributed by atoms with van der Waals surface area (Å²) in [5.74, 6) is -0.825. The molecule has 3 amide bonds. The molecule has 0 saturated carbocycles. The van der Waals surface area contributed by atoms with E-state index in [-0.39, 0.29) is 42.5 Å². The predicted octanol–water partition coefficient (Wildman–Crippen LogP) is 2.85. The van der Waals surface area contributed by atoms with E-state index in [0.717, 1.165) is 24.9 Å². The van der Waals surface area contributed by atoms with Crippen LogP contribution < -0.4 is 5.32 Å². The van der Waals surface area contributed by atoms with Crippen LogP contribution in [-0.4, -0.2) is 29.2 Å². The van der Waals surface area contributed by atoms with Crippen LogP contribution in [0.4, 0.5) is 5.69 Å². The Morgan fingerprint density at radius 1 is 1.04 bits per heavy atom. The van der Waals surface area contributed by atoms with E-state index in [1.54, 1.807) is 0 Å². The molecule has 0 unspecified atom stereocenters. The van der Waals surface area contributed by atoms with Crippen molar-refractivity contribution in [2.75, 3.05) is 11.9 Å². The molecule has 0 aromatic heterocycles. The summed E-state index contributed by atoms with van der Waals surface area (Å²) in [7, 11) is 0. The highest BCUT2D eigenvalue weighted by molar-refractivity contribution is 6.05. The van der Waals surface area contributed by atoms with Crippen LogP contribution in [0.15, 0.2) is 30.4 Å². The molecule has 1 heterocycles.